The van der Waals surface area contributed by atoms with Gasteiger partial charge in [-0.1, -0.05) is 6.07 Å². The zero-order chi connectivity index (χ0) is 11.1. The number of hydrogen-bond acceptors (Lipinski definition) is 3. The van der Waals surface area contributed by atoms with Gasteiger partial charge in [-0.25, -0.2) is 0 Å². The molecule has 3 aromatic rings. The lowest BCUT2D eigenvalue weighted by Gasteiger charge is -1.99. The maximum absolute atomic E-state index is 4.49. The maximum atomic E-state index is 4.49. The standard InChI is InChI=1S/C12H11N3S/c1-7-6-9-11(8(2)13-7)12(15-14-9)10-4-3-5-16-10/h3-6H,1-2H3,(H,14,15). The molecule has 0 saturated heterocycles. The SMILES string of the molecule is Cc1cc2[nH]nc(-c3cccs3)c2c(C)n1. The van der Waals surface area contributed by atoms with E-state index in [-0.39, 0.29) is 0 Å². The Morgan fingerprint density at radius 1 is 1.31 bits per heavy atom. The van der Waals surface area contributed by atoms with Gasteiger partial charge in [-0.3, -0.25) is 10.1 Å². The molecule has 0 saturated carbocycles. The fourth-order valence-corrected chi connectivity index (χ4v) is 2.70. The first-order chi connectivity index (χ1) is 7.75. The van der Waals surface area contributed by atoms with Crippen molar-refractivity contribution in [2.45, 2.75) is 13.8 Å². The zero-order valence-corrected chi connectivity index (χ0v) is 9.93. The van der Waals surface area contributed by atoms with Gasteiger partial charge >= 0.3 is 0 Å². The van der Waals surface area contributed by atoms with Crippen molar-refractivity contribution in [1.29, 1.82) is 0 Å². The Labute approximate surface area is 97.2 Å². The van der Waals surface area contributed by atoms with Crippen molar-refractivity contribution in [3.05, 3.63) is 35.0 Å². The first kappa shape index (κ1) is 9.54. The third-order valence-electron chi connectivity index (χ3n) is 2.61. The molecule has 0 spiro atoms. The lowest BCUT2D eigenvalue weighted by Crippen LogP contribution is -1.87. The van der Waals surface area contributed by atoms with Crippen molar-refractivity contribution < 1.29 is 0 Å². The molecule has 3 nitrogen and oxygen atoms in total. The number of nitrogens with one attached hydrogen (secondary N) is 1. The maximum Gasteiger partial charge on any atom is 0.112 e. The molecule has 0 aliphatic carbocycles. The molecule has 0 bridgehead atoms. The quantitative estimate of drug-likeness (QED) is 0.695. The van der Waals surface area contributed by atoms with Crippen LogP contribution in [0.2, 0.25) is 0 Å². The van der Waals surface area contributed by atoms with Gasteiger partial charge in [0.05, 0.1) is 10.4 Å². The molecule has 0 aliphatic heterocycles. The van der Waals surface area contributed by atoms with Crippen LogP contribution < -0.4 is 0 Å². The Bertz CT molecular complexity index is 638. The van der Waals surface area contributed by atoms with E-state index in [1.54, 1.807) is 11.3 Å². The van der Waals surface area contributed by atoms with Crippen LogP contribution in [-0.2, 0) is 0 Å². The summed E-state index contributed by atoms with van der Waals surface area (Å²) in [4.78, 5) is 5.67. The van der Waals surface area contributed by atoms with Crippen LogP contribution in [0, 0.1) is 13.8 Å². The second-order valence-electron chi connectivity index (χ2n) is 3.82. The van der Waals surface area contributed by atoms with Crippen molar-refractivity contribution in [2.75, 3.05) is 0 Å². The second-order valence-corrected chi connectivity index (χ2v) is 4.77. The molecule has 0 fully saturated rings. The molecule has 0 aliphatic rings. The van der Waals surface area contributed by atoms with Gasteiger partial charge in [0.25, 0.3) is 0 Å². The summed E-state index contributed by atoms with van der Waals surface area (Å²) in [5.41, 5.74) is 4.13. The average molecular weight is 229 g/mol. The molecule has 4 heteroatoms. The fraction of sp³-hybridized carbons (Fsp3) is 0.167. The molecular weight excluding hydrogens is 218 g/mol. The lowest BCUT2D eigenvalue weighted by molar-refractivity contribution is 1.12. The molecule has 0 amide bonds. The molecule has 16 heavy (non-hydrogen) atoms. The lowest BCUT2D eigenvalue weighted by atomic mass is 10.1. The van der Waals surface area contributed by atoms with Crippen LogP contribution in [0.3, 0.4) is 0 Å². The molecule has 3 aromatic heterocycles. The molecule has 0 aromatic carbocycles. The Hall–Kier alpha value is -1.68. The van der Waals surface area contributed by atoms with E-state index in [1.807, 2.05) is 26.0 Å². The third-order valence-corrected chi connectivity index (χ3v) is 3.48. The normalized spacial score (nSPS) is 11.1. The van der Waals surface area contributed by atoms with E-state index in [0.717, 1.165) is 28.0 Å². The number of rotatable bonds is 1. The Kier molecular flexibility index (Phi) is 2.04. The van der Waals surface area contributed by atoms with E-state index in [4.69, 9.17) is 0 Å². The summed E-state index contributed by atoms with van der Waals surface area (Å²) in [5.74, 6) is 0. The van der Waals surface area contributed by atoms with Crippen LogP contribution in [0.15, 0.2) is 23.6 Å². The number of H-pyrrole nitrogens is 1. The van der Waals surface area contributed by atoms with Crippen LogP contribution >= 0.6 is 11.3 Å². The van der Waals surface area contributed by atoms with E-state index >= 15 is 0 Å². The van der Waals surface area contributed by atoms with Crippen molar-refractivity contribution in [3.63, 3.8) is 0 Å². The number of hydrogen-bond donors (Lipinski definition) is 1. The van der Waals surface area contributed by atoms with Gasteiger partial charge in [0, 0.05) is 16.8 Å². The number of fused-ring (bicyclic) bond motifs is 1. The molecule has 0 radical (unpaired) electrons. The smallest absolute Gasteiger partial charge is 0.112 e. The van der Waals surface area contributed by atoms with Gasteiger partial charge < -0.3 is 0 Å². The van der Waals surface area contributed by atoms with Gasteiger partial charge in [0.1, 0.15) is 5.69 Å². The molecule has 3 heterocycles. The Balaban J connectivity index is 2.36. The highest BCUT2D eigenvalue weighted by molar-refractivity contribution is 7.13. The summed E-state index contributed by atoms with van der Waals surface area (Å²) in [5, 5.41) is 10.7. The number of nitrogens with zero attached hydrogens (tertiary/aromatic N) is 2. The van der Waals surface area contributed by atoms with Crippen LogP contribution in [0.1, 0.15) is 11.4 Å². The van der Waals surface area contributed by atoms with E-state index in [0.29, 0.717) is 0 Å². The fourth-order valence-electron chi connectivity index (χ4n) is 1.98. The van der Waals surface area contributed by atoms with Crippen molar-refractivity contribution in [2.24, 2.45) is 0 Å². The van der Waals surface area contributed by atoms with Crippen molar-refractivity contribution in [1.82, 2.24) is 15.2 Å². The zero-order valence-electron chi connectivity index (χ0n) is 9.11. The number of aromatic nitrogens is 3. The first-order valence-electron chi connectivity index (χ1n) is 5.12. The van der Waals surface area contributed by atoms with E-state index < -0.39 is 0 Å². The Morgan fingerprint density at radius 3 is 2.94 bits per heavy atom. The van der Waals surface area contributed by atoms with Crippen LogP contribution in [-0.4, -0.2) is 15.2 Å². The largest absolute Gasteiger partial charge is 0.277 e. The number of thiophene rings is 1. The highest BCUT2D eigenvalue weighted by atomic mass is 32.1. The Morgan fingerprint density at radius 2 is 2.19 bits per heavy atom. The van der Waals surface area contributed by atoms with Crippen LogP contribution in [0.4, 0.5) is 0 Å². The summed E-state index contributed by atoms with van der Waals surface area (Å²) >= 11 is 1.70. The molecule has 3 rings (SSSR count). The monoisotopic (exact) mass is 229 g/mol. The predicted octanol–water partition coefficient (Wildman–Crippen LogP) is 3.30. The minimum atomic E-state index is 1.01. The summed E-state index contributed by atoms with van der Waals surface area (Å²) in [7, 11) is 0. The van der Waals surface area contributed by atoms with Gasteiger partial charge in [-0.15, -0.1) is 11.3 Å². The summed E-state index contributed by atoms with van der Waals surface area (Å²) < 4.78 is 0. The molecule has 80 valence electrons. The summed E-state index contributed by atoms with van der Waals surface area (Å²) in [6.07, 6.45) is 0. The minimum Gasteiger partial charge on any atom is -0.277 e. The van der Waals surface area contributed by atoms with Crippen molar-refractivity contribution in [3.8, 4) is 10.6 Å². The highest BCUT2D eigenvalue weighted by Crippen LogP contribution is 2.31. The van der Waals surface area contributed by atoms with Gasteiger partial charge in [0.15, 0.2) is 0 Å². The first-order valence-corrected chi connectivity index (χ1v) is 6.00. The topological polar surface area (TPSA) is 41.6 Å². The van der Waals surface area contributed by atoms with Gasteiger partial charge in [-0.05, 0) is 31.4 Å². The molecule has 0 atom stereocenters. The third kappa shape index (κ3) is 1.34. The average Bonchev–Trinajstić information content (AvgIpc) is 2.82. The minimum absolute atomic E-state index is 1.01. The van der Waals surface area contributed by atoms with Crippen LogP contribution in [0.25, 0.3) is 21.5 Å². The van der Waals surface area contributed by atoms with Gasteiger partial charge in [-0.2, -0.15) is 5.10 Å². The van der Waals surface area contributed by atoms with E-state index in [9.17, 15) is 0 Å². The van der Waals surface area contributed by atoms with E-state index in [2.05, 4.69) is 26.6 Å². The van der Waals surface area contributed by atoms with E-state index in [1.165, 1.54) is 4.88 Å². The predicted molar refractivity (Wildman–Crippen MR) is 66.7 cm³/mol. The highest BCUT2D eigenvalue weighted by Gasteiger charge is 2.12. The van der Waals surface area contributed by atoms with Crippen molar-refractivity contribution >= 4 is 22.2 Å². The number of aromatic amines is 1. The number of pyridine rings is 1. The molecule has 1 N–H and O–H groups in total. The number of aryl methyl sites for hydroxylation is 2. The van der Waals surface area contributed by atoms with Crippen LogP contribution in [0.5, 0.6) is 0 Å². The van der Waals surface area contributed by atoms with Gasteiger partial charge in [0.2, 0.25) is 0 Å². The second kappa shape index (κ2) is 3.42. The summed E-state index contributed by atoms with van der Waals surface area (Å²) in [6, 6.07) is 6.16. The summed E-state index contributed by atoms with van der Waals surface area (Å²) in [6.45, 7) is 4.03. The molecular formula is C12H11N3S. The molecule has 0 unspecified atom stereocenters.